The van der Waals surface area contributed by atoms with Crippen LogP contribution in [0.15, 0.2) is 61.1 Å². The molecule has 4 rings (SSSR count). The van der Waals surface area contributed by atoms with Crippen LogP contribution in [0.3, 0.4) is 0 Å². The lowest BCUT2D eigenvalue weighted by molar-refractivity contribution is -0.0864. The molecule has 1 N–H and O–H groups in total. The van der Waals surface area contributed by atoms with Gasteiger partial charge in [0.15, 0.2) is 0 Å². The number of nitrogens with zero attached hydrogens (tertiary/aromatic N) is 3. The van der Waals surface area contributed by atoms with E-state index in [0.717, 1.165) is 29.1 Å². The molecule has 2 aromatic heterocycles. The van der Waals surface area contributed by atoms with Crippen molar-refractivity contribution in [2.75, 3.05) is 26.4 Å². The predicted octanol–water partition coefficient (Wildman–Crippen LogP) is 2.86. The summed E-state index contributed by atoms with van der Waals surface area (Å²) in [4.78, 5) is 4.11. The lowest BCUT2D eigenvalue weighted by Gasteiger charge is -2.23. The van der Waals surface area contributed by atoms with Crippen LogP contribution in [-0.2, 0) is 16.0 Å². The molecule has 1 aromatic carbocycles. The van der Waals surface area contributed by atoms with E-state index in [9.17, 15) is 0 Å². The monoisotopic (exact) mass is 386 g/mol. The third-order valence-corrected chi connectivity index (χ3v) is 4.34. The van der Waals surface area contributed by atoms with E-state index >= 15 is 0 Å². The molecule has 3 aromatic rings. The Morgan fingerprint density at radius 1 is 1.07 bits per heavy atom. The Bertz CT molecular complexity index is 821. The first-order valence-electron chi connectivity index (χ1n) is 8.84. The summed E-state index contributed by atoms with van der Waals surface area (Å²) in [5, 5.41) is 8.28. The smallest absolute Gasteiger partial charge is 0.0973 e. The number of ether oxygens (including phenoxy) is 2. The molecule has 7 heteroatoms. The lowest BCUT2D eigenvalue weighted by atomic mass is 10.1. The molecule has 0 bridgehead atoms. The van der Waals surface area contributed by atoms with Gasteiger partial charge in [-0.1, -0.05) is 18.2 Å². The molecule has 142 valence electrons. The van der Waals surface area contributed by atoms with E-state index in [1.165, 1.54) is 0 Å². The van der Waals surface area contributed by atoms with E-state index in [1.54, 1.807) is 12.4 Å². The zero-order valence-electron chi connectivity index (χ0n) is 15.0. The van der Waals surface area contributed by atoms with Crippen LogP contribution < -0.4 is 5.32 Å². The molecule has 3 heterocycles. The molecule has 1 unspecified atom stereocenters. The Morgan fingerprint density at radius 2 is 1.89 bits per heavy atom. The highest BCUT2D eigenvalue weighted by molar-refractivity contribution is 5.85. The van der Waals surface area contributed by atoms with Crippen LogP contribution in [0.2, 0.25) is 0 Å². The first-order chi connectivity index (χ1) is 12.9. The molecular formula is C20H23ClN4O2. The number of para-hydroxylation sites is 1. The predicted molar refractivity (Wildman–Crippen MR) is 106 cm³/mol. The minimum absolute atomic E-state index is 0. The van der Waals surface area contributed by atoms with Gasteiger partial charge in [-0.25, -0.2) is 4.68 Å². The van der Waals surface area contributed by atoms with Crippen LogP contribution in [-0.4, -0.2) is 47.2 Å². The van der Waals surface area contributed by atoms with E-state index in [4.69, 9.17) is 14.6 Å². The van der Waals surface area contributed by atoms with Crippen molar-refractivity contribution in [3.8, 4) is 16.9 Å². The lowest BCUT2D eigenvalue weighted by Crippen LogP contribution is -2.37. The quantitative estimate of drug-likeness (QED) is 0.705. The van der Waals surface area contributed by atoms with Gasteiger partial charge < -0.3 is 14.8 Å². The number of rotatable bonds is 6. The maximum Gasteiger partial charge on any atom is 0.0973 e. The Morgan fingerprint density at radius 3 is 2.63 bits per heavy atom. The molecule has 0 amide bonds. The Hall–Kier alpha value is -2.25. The SMILES string of the molecule is Cl.c1ccc(-n2cc(CNCC3COCCO3)c(-c3ccncc3)n2)cc1. The molecule has 0 radical (unpaired) electrons. The molecule has 1 aliphatic rings. The van der Waals surface area contributed by atoms with Crippen molar-refractivity contribution >= 4 is 12.4 Å². The summed E-state index contributed by atoms with van der Waals surface area (Å²) < 4.78 is 13.1. The van der Waals surface area contributed by atoms with Gasteiger partial charge in [-0.2, -0.15) is 5.10 Å². The van der Waals surface area contributed by atoms with Crippen LogP contribution in [0.25, 0.3) is 16.9 Å². The standard InChI is InChI=1S/C20H22N4O2.ClH/c1-2-4-18(5-3-1)24-14-17(12-22-13-19-15-25-10-11-26-19)20(23-24)16-6-8-21-9-7-16;/h1-9,14,19,22H,10-13,15H2;1H. The summed E-state index contributed by atoms with van der Waals surface area (Å²) in [6, 6.07) is 14.1. The van der Waals surface area contributed by atoms with Crippen molar-refractivity contribution in [1.82, 2.24) is 20.1 Å². The minimum Gasteiger partial charge on any atom is -0.376 e. The van der Waals surface area contributed by atoms with Crippen LogP contribution >= 0.6 is 12.4 Å². The number of nitrogens with one attached hydrogen (secondary N) is 1. The van der Waals surface area contributed by atoms with Gasteiger partial charge in [0.25, 0.3) is 0 Å². The summed E-state index contributed by atoms with van der Waals surface area (Å²) >= 11 is 0. The molecule has 1 atom stereocenters. The van der Waals surface area contributed by atoms with Crippen LogP contribution in [0.4, 0.5) is 0 Å². The van der Waals surface area contributed by atoms with Crippen LogP contribution in [0.1, 0.15) is 5.56 Å². The first-order valence-corrected chi connectivity index (χ1v) is 8.84. The van der Waals surface area contributed by atoms with Crippen molar-refractivity contribution in [3.05, 3.63) is 66.6 Å². The van der Waals surface area contributed by atoms with Crippen molar-refractivity contribution in [2.24, 2.45) is 0 Å². The summed E-state index contributed by atoms with van der Waals surface area (Å²) in [5.41, 5.74) is 4.20. The largest absolute Gasteiger partial charge is 0.376 e. The maximum absolute atomic E-state index is 5.69. The number of benzene rings is 1. The van der Waals surface area contributed by atoms with E-state index < -0.39 is 0 Å². The van der Waals surface area contributed by atoms with Gasteiger partial charge in [0.05, 0.1) is 37.3 Å². The summed E-state index contributed by atoms with van der Waals surface area (Å²) in [6.45, 7) is 3.47. The normalized spacial score (nSPS) is 16.7. The third kappa shape index (κ3) is 4.93. The second-order valence-electron chi connectivity index (χ2n) is 6.22. The van der Waals surface area contributed by atoms with Gasteiger partial charge in [-0.05, 0) is 24.3 Å². The maximum atomic E-state index is 5.69. The molecular weight excluding hydrogens is 364 g/mol. The zero-order chi connectivity index (χ0) is 17.6. The topological polar surface area (TPSA) is 61.2 Å². The van der Waals surface area contributed by atoms with Gasteiger partial charge in [-0.3, -0.25) is 4.98 Å². The van der Waals surface area contributed by atoms with E-state index in [0.29, 0.717) is 26.4 Å². The number of hydrogen-bond donors (Lipinski definition) is 1. The van der Waals surface area contributed by atoms with Crippen molar-refractivity contribution < 1.29 is 9.47 Å². The van der Waals surface area contributed by atoms with Gasteiger partial charge in [0.1, 0.15) is 0 Å². The van der Waals surface area contributed by atoms with Crippen molar-refractivity contribution in [1.29, 1.82) is 0 Å². The highest BCUT2D eigenvalue weighted by Gasteiger charge is 2.16. The average molecular weight is 387 g/mol. The number of aromatic nitrogens is 3. The summed E-state index contributed by atoms with van der Waals surface area (Å²) in [7, 11) is 0. The van der Waals surface area contributed by atoms with Crippen molar-refractivity contribution in [2.45, 2.75) is 12.6 Å². The summed E-state index contributed by atoms with van der Waals surface area (Å²) in [6.07, 6.45) is 5.77. The fourth-order valence-corrected chi connectivity index (χ4v) is 3.03. The van der Waals surface area contributed by atoms with Crippen molar-refractivity contribution in [3.63, 3.8) is 0 Å². The number of pyridine rings is 1. The Labute approximate surface area is 164 Å². The highest BCUT2D eigenvalue weighted by Crippen LogP contribution is 2.23. The molecule has 0 spiro atoms. The fraction of sp³-hybridized carbons (Fsp3) is 0.300. The van der Waals surface area contributed by atoms with Gasteiger partial charge in [0.2, 0.25) is 0 Å². The van der Waals surface area contributed by atoms with Crippen LogP contribution in [0, 0.1) is 0 Å². The van der Waals surface area contributed by atoms with E-state index in [-0.39, 0.29) is 18.5 Å². The molecule has 0 aliphatic carbocycles. The average Bonchev–Trinajstić information content (AvgIpc) is 3.14. The Kier molecular flexibility index (Phi) is 6.95. The molecule has 6 nitrogen and oxygen atoms in total. The summed E-state index contributed by atoms with van der Waals surface area (Å²) in [5.74, 6) is 0. The molecule has 1 fully saturated rings. The number of halogens is 1. The van der Waals surface area contributed by atoms with Crippen LogP contribution in [0.5, 0.6) is 0 Å². The van der Waals surface area contributed by atoms with E-state index in [2.05, 4.69) is 16.5 Å². The fourth-order valence-electron chi connectivity index (χ4n) is 3.03. The van der Waals surface area contributed by atoms with Gasteiger partial charge >= 0.3 is 0 Å². The second kappa shape index (κ2) is 9.62. The zero-order valence-corrected chi connectivity index (χ0v) is 15.8. The number of hydrogen-bond acceptors (Lipinski definition) is 5. The van der Waals surface area contributed by atoms with Gasteiger partial charge in [0, 0.05) is 42.8 Å². The molecule has 27 heavy (non-hydrogen) atoms. The highest BCUT2D eigenvalue weighted by atomic mass is 35.5. The molecule has 0 saturated carbocycles. The second-order valence-corrected chi connectivity index (χ2v) is 6.22. The Balaban J connectivity index is 0.00000210. The third-order valence-electron chi connectivity index (χ3n) is 4.34. The van der Waals surface area contributed by atoms with Gasteiger partial charge in [-0.15, -0.1) is 12.4 Å². The molecule has 1 saturated heterocycles. The molecule has 1 aliphatic heterocycles. The first kappa shape index (κ1) is 19.5. The van der Waals surface area contributed by atoms with E-state index in [1.807, 2.05) is 47.1 Å². The minimum atomic E-state index is 0.